The van der Waals surface area contributed by atoms with Crippen molar-refractivity contribution < 1.29 is 12.8 Å². The molecule has 0 saturated carbocycles. The van der Waals surface area contributed by atoms with Gasteiger partial charge in [-0.2, -0.15) is 17.4 Å². The van der Waals surface area contributed by atoms with Gasteiger partial charge >= 0.3 is 0 Å². The summed E-state index contributed by atoms with van der Waals surface area (Å²) in [4.78, 5) is 0. The van der Waals surface area contributed by atoms with Crippen LogP contribution in [-0.4, -0.2) is 26.8 Å². The van der Waals surface area contributed by atoms with Crippen LogP contribution in [0, 0.1) is 5.82 Å². The predicted octanol–water partition coefficient (Wildman–Crippen LogP) is 1.84. The molecule has 18 heavy (non-hydrogen) atoms. The first-order valence-corrected chi connectivity index (χ1v) is 6.87. The van der Waals surface area contributed by atoms with Crippen LogP contribution in [0.15, 0.2) is 36.9 Å². The number of nitrogens with one attached hydrogen (secondary N) is 1. The molecule has 0 aliphatic heterocycles. The molecule has 1 N–H and O–H groups in total. The molecule has 0 aliphatic rings. The third kappa shape index (κ3) is 3.90. The van der Waals surface area contributed by atoms with Crippen molar-refractivity contribution in [3.8, 4) is 0 Å². The Balaban J connectivity index is 2.97. The first kappa shape index (κ1) is 14.8. The third-order valence-electron chi connectivity index (χ3n) is 2.45. The molecular formula is C12H17FN2O2S. The van der Waals surface area contributed by atoms with Gasteiger partial charge in [0.1, 0.15) is 5.82 Å². The van der Waals surface area contributed by atoms with E-state index in [1.165, 1.54) is 26.2 Å². The molecule has 0 amide bonds. The van der Waals surface area contributed by atoms with Crippen LogP contribution in [0.1, 0.15) is 18.0 Å². The quantitative estimate of drug-likeness (QED) is 0.803. The molecule has 0 saturated heterocycles. The molecule has 0 spiro atoms. The Morgan fingerprint density at radius 2 is 1.94 bits per heavy atom. The van der Waals surface area contributed by atoms with E-state index in [0.717, 1.165) is 4.31 Å². The van der Waals surface area contributed by atoms with Gasteiger partial charge in [0.05, 0.1) is 6.04 Å². The highest BCUT2D eigenvalue weighted by Crippen LogP contribution is 2.19. The number of benzene rings is 1. The minimum Gasteiger partial charge on any atom is -0.207 e. The Morgan fingerprint density at radius 3 is 2.39 bits per heavy atom. The molecule has 1 aromatic rings. The van der Waals surface area contributed by atoms with Gasteiger partial charge in [-0.05, 0) is 24.1 Å². The van der Waals surface area contributed by atoms with E-state index in [9.17, 15) is 12.8 Å². The van der Waals surface area contributed by atoms with Gasteiger partial charge in [-0.3, -0.25) is 0 Å². The lowest BCUT2D eigenvalue weighted by molar-refractivity contribution is 0.489. The Kier molecular flexibility index (Phi) is 5.01. The van der Waals surface area contributed by atoms with Crippen LogP contribution in [-0.2, 0) is 10.2 Å². The van der Waals surface area contributed by atoms with Crippen molar-refractivity contribution in [2.24, 2.45) is 0 Å². The van der Waals surface area contributed by atoms with Crippen LogP contribution >= 0.6 is 0 Å². The fourth-order valence-corrected chi connectivity index (χ4v) is 2.20. The topological polar surface area (TPSA) is 49.4 Å². The zero-order chi connectivity index (χ0) is 13.8. The molecule has 0 aliphatic carbocycles. The Morgan fingerprint density at radius 1 is 1.39 bits per heavy atom. The monoisotopic (exact) mass is 272 g/mol. The van der Waals surface area contributed by atoms with E-state index in [0.29, 0.717) is 12.0 Å². The van der Waals surface area contributed by atoms with Crippen molar-refractivity contribution in [1.82, 2.24) is 9.03 Å². The normalized spacial score (nSPS) is 13.6. The van der Waals surface area contributed by atoms with Crippen LogP contribution in [0.2, 0.25) is 0 Å². The molecule has 1 unspecified atom stereocenters. The first-order valence-electron chi connectivity index (χ1n) is 5.43. The molecular weight excluding hydrogens is 255 g/mol. The van der Waals surface area contributed by atoms with E-state index < -0.39 is 16.3 Å². The maximum Gasteiger partial charge on any atom is 0.279 e. The summed E-state index contributed by atoms with van der Waals surface area (Å²) in [5.41, 5.74) is 0.696. The second-order valence-corrected chi connectivity index (χ2v) is 5.95. The van der Waals surface area contributed by atoms with Gasteiger partial charge < -0.3 is 0 Å². The summed E-state index contributed by atoms with van der Waals surface area (Å²) in [5, 5.41) is 0. The summed E-state index contributed by atoms with van der Waals surface area (Å²) in [6.45, 7) is 3.60. The van der Waals surface area contributed by atoms with Gasteiger partial charge in [-0.25, -0.2) is 4.39 Å². The van der Waals surface area contributed by atoms with E-state index in [1.807, 2.05) is 0 Å². The zero-order valence-electron chi connectivity index (χ0n) is 10.4. The van der Waals surface area contributed by atoms with Crippen LogP contribution in [0.3, 0.4) is 0 Å². The Hall–Kier alpha value is -1.24. The van der Waals surface area contributed by atoms with Crippen LogP contribution < -0.4 is 4.72 Å². The fourth-order valence-electron chi connectivity index (χ4n) is 1.40. The molecule has 0 bridgehead atoms. The van der Waals surface area contributed by atoms with Gasteiger partial charge in [0.2, 0.25) is 0 Å². The summed E-state index contributed by atoms with van der Waals surface area (Å²) in [6, 6.07) is 5.27. The highest BCUT2D eigenvalue weighted by molar-refractivity contribution is 7.87. The summed E-state index contributed by atoms with van der Waals surface area (Å²) in [6.07, 6.45) is 2.05. The lowest BCUT2D eigenvalue weighted by Gasteiger charge is -2.20. The van der Waals surface area contributed by atoms with Gasteiger partial charge in [-0.1, -0.05) is 18.2 Å². The van der Waals surface area contributed by atoms with Gasteiger partial charge in [-0.15, -0.1) is 6.58 Å². The summed E-state index contributed by atoms with van der Waals surface area (Å²) >= 11 is 0. The molecule has 100 valence electrons. The average molecular weight is 272 g/mol. The maximum atomic E-state index is 12.8. The van der Waals surface area contributed by atoms with E-state index in [1.54, 1.807) is 18.2 Å². The molecule has 0 fully saturated rings. The number of nitrogens with zero attached hydrogens (tertiary/aromatic N) is 1. The van der Waals surface area contributed by atoms with Gasteiger partial charge in [0.15, 0.2) is 0 Å². The molecule has 0 heterocycles. The van der Waals surface area contributed by atoms with Crippen LogP contribution in [0.5, 0.6) is 0 Å². The van der Waals surface area contributed by atoms with Gasteiger partial charge in [0.25, 0.3) is 10.2 Å². The molecule has 1 rings (SSSR count). The van der Waals surface area contributed by atoms with E-state index in [-0.39, 0.29) is 5.82 Å². The number of hydrogen-bond acceptors (Lipinski definition) is 2. The van der Waals surface area contributed by atoms with Crippen molar-refractivity contribution in [2.75, 3.05) is 14.1 Å². The smallest absolute Gasteiger partial charge is 0.207 e. The summed E-state index contributed by atoms with van der Waals surface area (Å²) in [7, 11) is -0.651. The van der Waals surface area contributed by atoms with Crippen LogP contribution in [0.4, 0.5) is 4.39 Å². The average Bonchev–Trinajstić information content (AvgIpc) is 2.29. The highest BCUT2D eigenvalue weighted by atomic mass is 32.2. The molecule has 1 atom stereocenters. The zero-order valence-corrected chi connectivity index (χ0v) is 11.2. The first-order chi connectivity index (χ1) is 8.36. The predicted molar refractivity (Wildman–Crippen MR) is 69.7 cm³/mol. The molecule has 6 heteroatoms. The Labute approximate surface area is 107 Å². The largest absolute Gasteiger partial charge is 0.279 e. The fraction of sp³-hybridized carbons (Fsp3) is 0.333. The maximum absolute atomic E-state index is 12.8. The van der Waals surface area contributed by atoms with Crippen molar-refractivity contribution in [1.29, 1.82) is 0 Å². The lowest BCUT2D eigenvalue weighted by Crippen LogP contribution is -2.37. The standard InChI is InChI=1S/C12H17FN2O2S/c1-4-5-12(14-18(16,17)15(2)3)10-6-8-11(13)9-7-10/h4,6-9,12,14H,1,5H2,2-3H3. The molecule has 4 nitrogen and oxygen atoms in total. The summed E-state index contributed by atoms with van der Waals surface area (Å²) < 4.78 is 40.0. The minimum absolute atomic E-state index is 0.355. The number of rotatable bonds is 6. The van der Waals surface area contributed by atoms with E-state index in [4.69, 9.17) is 0 Å². The van der Waals surface area contributed by atoms with Crippen molar-refractivity contribution in [3.05, 3.63) is 48.3 Å². The van der Waals surface area contributed by atoms with Crippen molar-refractivity contribution in [3.63, 3.8) is 0 Å². The number of hydrogen-bond donors (Lipinski definition) is 1. The van der Waals surface area contributed by atoms with Crippen molar-refractivity contribution in [2.45, 2.75) is 12.5 Å². The van der Waals surface area contributed by atoms with Gasteiger partial charge in [0, 0.05) is 14.1 Å². The highest BCUT2D eigenvalue weighted by Gasteiger charge is 2.20. The lowest BCUT2D eigenvalue weighted by atomic mass is 10.1. The second-order valence-electron chi connectivity index (χ2n) is 4.03. The number of halogens is 1. The SMILES string of the molecule is C=CCC(NS(=O)(=O)N(C)C)c1ccc(F)cc1. The van der Waals surface area contributed by atoms with E-state index >= 15 is 0 Å². The molecule has 1 aromatic carbocycles. The Bertz CT molecular complexity index is 497. The van der Waals surface area contributed by atoms with Crippen molar-refractivity contribution >= 4 is 10.2 Å². The summed E-state index contributed by atoms with van der Waals surface area (Å²) in [5.74, 6) is -0.355. The van der Waals surface area contributed by atoms with E-state index in [2.05, 4.69) is 11.3 Å². The minimum atomic E-state index is -3.54. The molecule has 0 aromatic heterocycles. The second kappa shape index (κ2) is 6.08. The van der Waals surface area contributed by atoms with Crippen LogP contribution in [0.25, 0.3) is 0 Å². The molecule has 0 radical (unpaired) electrons. The third-order valence-corrected chi connectivity index (χ3v) is 3.99.